The van der Waals surface area contributed by atoms with Gasteiger partial charge in [-0.2, -0.15) is 0 Å². The maximum atomic E-state index is 11.0. The van der Waals surface area contributed by atoms with Crippen LogP contribution in [0.1, 0.15) is 13.8 Å². The van der Waals surface area contributed by atoms with Crippen LogP contribution in [0.2, 0.25) is 0 Å². The van der Waals surface area contributed by atoms with Crippen molar-refractivity contribution in [2.45, 2.75) is 25.9 Å². The third-order valence-electron chi connectivity index (χ3n) is 2.27. The molecule has 0 bridgehead atoms. The van der Waals surface area contributed by atoms with E-state index < -0.39 is 0 Å². The monoisotopic (exact) mass is 157 g/mol. The van der Waals surface area contributed by atoms with Crippen molar-refractivity contribution >= 4 is 5.97 Å². The summed E-state index contributed by atoms with van der Waals surface area (Å²) >= 11 is 0. The van der Waals surface area contributed by atoms with Crippen molar-refractivity contribution in [1.82, 2.24) is 4.90 Å². The zero-order chi connectivity index (χ0) is 8.59. The Hall–Kier alpha value is -0.570. The van der Waals surface area contributed by atoms with Gasteiger partial charge in [0, 0.05) is 6.04 Å². The van der Waals surface area contributed by atoms with E-state index in [9.17, 15) is 4.79 Å². The summed E-state index contributed by atoms with van der Waals surface area (Å²) < 4.78 is 4.64. The highest BCUT2D eigenvalue weighted by atomic mass is 16.5. The molecule has 0 amide bonds. The van der Waals surface area contributed by atoms with Crippen molar-refractivity contribution in [1.29, 1.82) is 0 Å². The van der Waals surface area contributed by atoms with Crippen molar-refractivity contribution in [2.24, 2.45) is 5.92 Å². The molecule has 1 aliphatic rings. The molecule has 0 radical (unpaired) electrons. The van der Waals surface area contributed by atoms with E-state index in [1.54, 1.807) is 0 Å². The van der Waals surface area contributed by atoms with Gasteiger partial charge in [-0.25, -0.2) is 0 Å². The summed E-state index contributed by atoms with van der Waals surface area (Å²) in [6, 6.07) is 0.405. The van der Waals surface area contributed by atoms with E-state index in [-0.39, 0.29) is 12.0 Å². The number of nitrogens with zero attached hydrogens (tertiary/aromatic N) is 1. The second-order valence-corrected chi connectivity index (χ2v) is 3.37. The number of hydrogen-bond donors (Lipinski definition) is 0. The molecule has 1 rings (SSSR count). The first-order valence-electron chi connectivity index (χ1n) is 3.89. The highest BCUT2D eigenvalue weighted by Crippen LogP contribution is 2.32. The fourth-order valence-corrected chi connectivity index (χ4v) is 1.62. The van der Waals surface area contributed by atoms with Crippen LogP contribution in [-0.2, 0) is 9.53 Å². The molecular formula is C8H15NO2. The molecule has 0 aromatic rings. The normalized spacial score (nSPS) is 35.5. The molecule has 11 heavy (non-hydrogen) atoms. The van der Waals surface area contributed by atoms with Crippen molar-refractivity contribution < 1.29 is 9.53 Å². The zero-order valence-corrected chi connectivity index (χ0v) is 7.50. The molecule has 0 aliphatic carbocycles. The molecule has 0 aromatic carbocycles. The summed E-state index contributed by atoms with van der Waals surface area (Å²) in [6.07, 6.45) is 0. The lowest BCUT2D eigenvalue weighted by molar-refractivity contribution is -0.140. The van der Waals surface area contributed by atoms with E-state index in [0.717, 1.165) is 0 Å². The number of carbonyl (C=O) groups is 1. The molecule has 0 aromatic heterocycles. The molecule has 1 heterocycles. The van der Waals surface area contributed by atoms with Gasteiger partial charge < -0.3 is 4.74 Å². The minimum atomic E-state index is -0.105. The number of methoxy groups -OCH3 is 1. The third-order valence-corrected chi connectivity index (χ3v) is 2.27. The van der Waals surface area contributed by atoms with Gasteiger partial charge in [0.1, 0.15) is 6.04 Å². The van der Waals surface area contributed by atoms with Gasteiger partial charge >= 0.3 is 5.97 Å². The predicted octanol–water partition coefficient (Wildman–Crippen LogP) is 0.498. The Balaban J connectivity index is 2.47. The predicted molar refractivity (Wildman–Crippen MR) is 42.2 cm³/mol. The van der Waals surface area contributed by atoms with Crippen LogP contribution in [-0.4, -0.2) is 37.1 Å². The summed E-state index contributed by atoms with van der Waals surface area (Å²) in [5.41, 5.74) is 0. The van der Waals surface area contributed by atoms with Gasteiger partial charge in [-0.15, -0.1) is 0 Å². The lowest BCUT2D eigenvalue weighted by atomic mass is 10.1. The summed E-state index contributed by atoms with van der Waals surface area (Å²) in [4.78, 5) is 13.1. The quantitative estimate of drug-likeness (QED) is 0.432. The van der Waals surface area contributed by atoms with Gasteiger partial charge in [0.05, 0.1) is 7.11 Å². The molecule has 1 saturated heterocycles. The average molecular weight is 157 g/mol. The third kappa shape index (κ3) is 1.38. The second-order valence-electron chi connectivity index (χ2n) is 3.37. The second kappa shape index (κ2) is 2.81. The fourth-order valence-electron chi connectivity index (χ4n) is 1.62. The fraction of sp³-hybridized carbons (Fsp3) is 0.875. The Kier molecular flexibility index (Phi) is 2.18. The zero-order valence-electron chi connectivity index (χ0n) is 7.50. The number of hydrogen-bond acceptors (Lipinski definition) is 3. The summed E-state index contributed by atoms with van der Waals surface area (Å²) in [7, 11) is 3.39. The molecule has 0 spiro atoms. The first-order valence-corrected chi connectivity index (χ1v) is 3.89. The number of likely N-dealkylation sites (N-methyl/N-ethyl adjacent to an activating group) is 1. The van der Waals surface area contributed by atoms with Crippen LogP contribution < -0.4 is 0 Å². The molecule has 3 heteroatoms. The molecule has 1 unspecified atom stereocenters. The summed E-state index contributed by atoms with van der Waals surface area (Å²) in [6.45, 7) is 4.23. The summed E-state index contributed by atoms with van der Waals surface area (Å²) in [5, 5.41) is 0. The SMILES string of the molecule is COC(=O)[C@H]1[C@@H](C(C)C)N1C. The Morgan fingerprint density at radius 1 is 1.55 bits per heavy atom. The molecular weight excluding hydrogens is 142 g/mol. The molecule has 1 fully saturated rings. The topological polar surface area (TPSA) is 29.3 Å². The van der Waals surface area contributed by atoms with Gasteiger partial charge in [0.2, 0.25) is 0 Å². The van der Waals surface area contributed by atoms with E-state index in [2.05, 4.69) is 18.6 Å². The van der Waals surface area contributed by atoms with Crippen molar-refractivity contribution in [3.8, 4) is 0 Å². The first kappa shape index (κ1) is 8.53. The molecule has 3 nitrogen and oxygen atoms in total. The van der Waals surface area contributed by atoms with Crippen LogP contribution in [0.3, 0.4) is 0 Å². The highest BCUT2D eigenvalue weighted by molar-refractivity contribution is 5.80. The molecule has 1 aliphatic heterocycles. The van der Waals surface area contributed by atoms with E-state index in [1.165, 1.54) is 7.11 Å². The minimum absolute atomic E-state index is 0.0139. The van der Waals surface area contributed by atoms with Crippen LogP contribution in [0.15, 0.2) is 0 Å². The lowest BCUT2D eigenvalue weighted by Gasteiger charge is -1.98. The smallest absolute Gasteiger partial charge is 0.324 e. The van der Waals surface area contributed by atoms with Crippen molar-refractivity contribution in [3.05, 3.63) is 0 Å². The van der Waals surface area contributed by atoms with Gasteiger partial charge in [-0.05, 0) is 13.0 Å². The molecule has 0 saturated carbocycles. The van der Waals surface area contributed by atoms with E-state index >= 15 is 0 Å². The van der Waals surface area contributed by atoms with Crippen molar-refractivity contribution in [2.75, 3.05) is 14.2 Å². The number of esters is 1. The van der Waals surface area contributed by atoms with Crippen LogP contribution in [0, 0.1) is 5.92 Å². The Labute approximate surface area is 67.3 Å². The largest absolute Gasteiger partial charge is 0.468 e. The number of carbonyl (C=O) groups excluding carboxylic acids is 1. The Bertz CT molecular complexity index is 167. The van der Waals surface area contributed by atoms with E-state index in [1.807, 2.05) is 11.9 Å². The van der Waals surface area contributed by atoms with Gasteiger partial charge in [-0.3, -0.25) is 9.69 Å². The molecule has 64 valence electrons. The maximum absolute atomic E-state index is 11.0. The number of ether oxygens (including phenoxy) is 1. The van der Waals surface area contributed by atoms with Gasteiger partial charge in [0.15, 0.2) is 0 Å². The van der Waals surface area contributed by atoms with Gasteiger partial charge in [0.25, 0.3) is 0 Å². The Morgan fingerprint density at radius 3 is 2.36 bits per heavy atom. The van der Waals surface area contributed by atoms with Crippen LogP contribution in [0.5, 0.6) is 0 Å². The van der Waals surface area contributed by atoms with Crippen molar-refractivity contribution in [3.63, 3.8) is 0 Å². The van der Waals surface area contributed by atoms with Crippen LogP contribution >= 0.6 is 0 Å². The molecule has 0 N–H and O–H groups in total. The van der Waals surface area contributed by atoms with E-state index in [4.69, 9.17) is 0 Å². The standard InChI is InChI=1S/C8H15NO2/c1-5(2)6-7(9(6)3)8(10)11-4/h5-7H,1-4H3/t6-,7-,9?/m1/s1. The Morgan fingerprint density at radius 2 is 2.09 bits per heavy atom. The first-order chi connectivity index (χ1) is 5.09. The van der Waals surface area contributed by atoms with E-state index in [0.29, 0.717) is 12.0 Å². The van der Waals surface area contributed by atoms with Crippen LogP contribution in [0.4, 0.5) is 0 Å². The average Bonchev–Trinajstić information content (AvgIpc) is 2.60. The minimum Gasteiger partial charge on any atom is -0.468 e. The number of rotatable bonds is 2. The summed E-state index contributed by atoms with van der Waals surface area (Å²) in [5.74, 6) is 0.426. The maximum Gasteiger partial charge on any atom is 0.324 e. The van der Waals surface area contributed by atoms with Gasteiger partial charge in [-0.1, -0.05) is 13.8 Å². The van der Waals surface area contributed by atoms with Crippen LogP contribution in [0.25, 0.3) is 0 Å². The lowest BCUT2D eigenvalue weighted by Crippen LogP contribution is -2.14. The highest BCUT2D eigenvalue weighted by Gasteiger charge is 2.51. The molecule has 3 atom stereocenters.